The van der Waals surface area contributed by atoms with Gasteiger partial charge >= 0.3 is 0 Å². The van der Waals surface area contributed by atoms with Gasteiger partial charge in [0.2, 0.25) is 5.91 Å². The Morgan fingerprint density at radius 2 is 1.96 bits per heavy atom. The highest BCUT2D eigenvalue weighted by molar-refractivity contribution is 5.77. The fraction of sp³-hybridized carbons (Fsp3) is 0.611. The summed E-state index contributed by atoms with van der Waals surface area (Å²) in [6, 6.07) is 8.69. The molecule has 5 nitrogen and oxygen atoms in total. The van der Waals surface area contributed by atoms with E-state index in [-0.39, 0.29) is 5.91 Å². The summed E-state index contributed by atoms with van der Waals surface area (Å²) in [4.78, 5) is 16.6. The van der Waals surface area contributed by atoms with Crippen LogP contribution in [0.2, 0.25) is 0 Å². The van der Waals surface area contributed by atoms with Gasteiger partial charge in [0.15, 0.2) is 0 Å². The Hall–Kier alpha value is -1.43. The van der Waals surface area contributed by atoms with Crippen molar-refractivity contribution in [2.75, 3.05) is 53.0 Å². The Balaban J connectivity index is 1.64. The normalized spacial score (nSPS) is 16.4. The van der Waals surface area contributed by atoms with E-state index in [1.807, 2.05) is 0 Å². The monoisotopic (exact) mass is 319 g/mol. The SMILES string of the molecule is COCCCNC(=O)CN1CCN(Cc2cccc(C)c2)CC1. The standard InChI is InChI=1S/C18H29N3O2/c1-16-5-3-6-17(13-16)14-20-8-10-21(11-9-20)15-18(22)19-7-4-12-23-2/h3,5-6,13H,4,7-12,14-15H2,1-2H3,(H,19,22). The van der Waals surface area contributed by atoms with E-state index < -0.39 is 0 Å². The minimum absolute atomic E-state index is 0.119. The summed E-state index contributed by atoms with van der Waals surface area (Å²) in [5.41, 5.74) is 2.68. The van der Waals surface area contributed by atoms with Crippen LogP contribution in [-0.2, 0) is 16.1 Å². The molecule has 0 unspecified atom stereocenters. The van der Waals surface area contributed by atoms with E-state index in [1.54, 1.807) is 7.11 Å². The number of hydrogen-bond acceptors (Lipinski definition) is 4. The van der Waals surface area contributed by atoms with Crippen LogP contribution in [0.15, 0.2) is 24.3 Å². The second-order valence-corrected chi connectivity index (χ2v) is 6.24. The van der Waals surface area contributed by atoms with Crippen molar-refractivity contribution in [2.24, 2.45) is 0 Å². The molecule has 2 rings (SSSR count). The van der Waals surface area contributed by atoms with Crippen LogP contribution in [0.25, 0.3) is 0 Å². The first-order valence-corrected chi connectivity index (χ1v) is 8.43. The number of ether oxygens (including phenoxy) is 1. The summed E-state index contributed by atoms with van der Waals surface area (Å²) in [5, 5.41) is 2.95. The maximum absolute atomic E-state index is 11.9. The number of hydrogen-bond donors (Lipinski definition) is 1. The molecule has 1 aromatic rings. The molecule has 128 valence electrons. The topological polar surface area (TPSA) is 44.8 Å². The van der Waals surface area contributed by atoms with E-state index in [1.165, 1.54) is 11.1 Å². The second-order valence-electron chi connectivity index (χ2n) is 6.24. The average Bonchev–Trinajstić information content (AvgIpc) is 2.54. The summed E-state index contributed by atoms with van der Waals surface area (Å²) < 4.78 is 4.97. The quantitative estimate of drug-likeness (QED) is 0.733. The lowest BCUT2D eigenvalue weighted by Gasteiger charge is -2.34. The molecular weight excluding hydrogens is 290 g/mol. The van der Waals surface area contributed by atoms with Crippen molar-refractivity contribution in [3.63, 3.8) is 0 Å². The Bertz CT molecular complexity index is 485. The van der Waals surface area contributed by atoms with Gasteiger partial charge in [-0.2, -0.15) is 0 Å². The molecule has 0 aromatic heterocycles. The molecule has 1 fully saturated rings. The molecule has 23 heavy (non-hydrogen) atoms. The van der Waals surface area contributed by atoms with Crippen molar-refractivity contribution in [3.05, 3.63) is 35.4 Å². The van der Waals surface area contributed by atoms with E-state index in [9.17, 15) is 4.79 Å². The van der Waals surface area contributed by atoms with Crippen molar-refractivity contribution in [2.45, 2.75) is 19.9 Å². The molecule has 0 aliphatic carbocycles. The number of amides is 1. The van der Waals surface area contributed by atoms with Crippen LogP contribution >= 0.6 is 0 Å². The minimum atomic E-state index is 0.119. The van der Waals surface area contributed by atoms with Crippen molar-refractivity contribution in [1.82, 2.24) is 15.1 Å². The molecule has 1 heterocycles. The maximum atomic E-state index is 11.9. The Kier molecular flexibility index (Phi) is 7.52. The van der Waals surface area contributed by atoms with E-state index in [0.717, 1.165) is 39.1 Å². The number of benzene rings is 1. The first-order chi connectivity index (χ1) is 11.2. The number of rotatable bonds is 8. The lowest BCUT2D eigenvalue weighted by molar-refractivity contribution is -0.122. The molecule has 0 radical (unpaired) electrons. The predicted octanol–water partition coefficient (Wildman–Crippen LogP) is 1.27. The highest BCUT2D eigenvalue weighted by Gasteiger charge is 2.18. The van der Waals surface area contributed by atoms with Gasteiger partial charge in [0.25, 0.3) is 0 Å². The molecule has 1 aliphatic heterocycles. The molecular formula is C18H29N3O2. The fourth-order valence-corrected chi connectivity index (χ4v) is 2.88. The van der Waals surface area contributed by atoms with Gasteiger partial charge in [0.1, 0.15) is 0 Å². The highest BCUT2D eigenvalue weighted by Crippen LogP contribution is 2.10. The van der Waals surface area contributed by atoms with Gasteiger partial charge in [-0.3, -0.25) is 14.6 Å². The number of aryl methyl sites for hydroxylation is 1. The lowest BCUT2D eigenvalue weighted by Crippen LogP contribution is -2.49. The molecule has 1 amide bonds. The largest absolute Gasteiger partial charge is 0.385 e. The Morgan fingerprint density at radius 3 is 2.65 bits per heavy atom. The van der Waals surface area contributed by atoms with Gasteiger partial charge in [0, 0.05) is 53.0 Å². The van der Waals surface area contributed by atoms with Crippen molar-refractivity contribution in [3.8, 4) is 0 Å². The van der Waals surface area contributed by atoms with Gasteiger partial charge in [-0.25, -0.2) is 0 Å². The van der Waals surface area contributed by atoms with Gasteiger partial charge in [0.05, 0.1) is 6.54 Å². The third-order valence-corrected chi connectivity index (χ3v) is 4.17. The number of methoxy groups -OCH3 is 1. The number of carbonyl (C=O) groups excluding carboxylic acids is 1. The Morgan fingerprint density at radius 1 is 1.22 bits per heavy atom. The van der Waals surface area contributed by atoms with Crippen molar-refractivity contribution in [1.29, 1.82) is 0 Å². The summed E-state index contributed by atoms with van der Waals surface area (Å²) in [6.07, 6.45) is 0.868. The maximum Gasteiger partial charge on any atom is 0.234 e. The van der Waals surface area contributed by atoms with E-state index >= 15 is 0 Å². The van der Waals surface area contributed by atoms with E-state index in [4.69, 9.17) is 4.74 Å². The van der Waals surface area contributed by atoms with E-state index in [0.29, 0.717) is 19.7 Å². The first-order valence-electron chi connectivity index (χ1n) is 8.43. The molecule has 0 atom stereocenters. The van der Waals surface area contributed by atoms with Crippen LogP contribution in [0.3, 0.4) is 0 Å². The number of carbonyl (C=O) groups is 1. The molecule has 1 N–H and O–H groups in total. The zero-order valence-electron chi connectivity index (χ0n) is 14.4. The van der Waals surface area contributed by atoms with Crippen molar-refractivity contribution >= 4 is 5.91 Å². The first kappa shape index (κ1) is 17.9. The van der Waals surface area contributed by atoms with Gasteiger partial charge in [-0.1, -0.05) is 29.8 Å². The number of nitrogens with zero attached hydrogens (tertiary/aromatic N) is 2. The van der Waals surface area contributed by atoms with Crippen LogP contribution in [0, 0.1) is 6.92 Å². The smallest absolute Gasteiger partial charge is 0.234 e. The van der Waals surface area contributed by atoms with Crippen LogP contribution < -0.4 is 5.32 Å². The predicted molar refractivity (Wildman–Crippen MR) is 92.4 cm³/mol. The molecule has 1 saturated heterocycles. The Labute approximate surface area is 139 Å². The molecule has 0 bridgehead atoms. The van der Waals surface area contributed by atoms with Gasteiger partial charge in [-0.05, 0) is 18.9 Å². The summed E-state index contributed by atoms with van der Waals surface area (Å²) in [7, 11) is 1.68. The van der Waals surface area contributed by atoms with Crippen LogP contribution in [-0.4, -0.2) is 68.7 Å². The molecule has 5 heteroatoms. The molecule has 0 spiro atoms. The van der Waals surface area contributed by atoms with Crippen LogP contribution in [0.1, 0.15) is 17.5 Å². The second kappa shape index (κ2) is 9.65. The lowest BCUT2D eigenvalue weighted by atomic mass is 10.1. The molecule has 1 aliphatic rings. The minimum Gasteiger partial charge on any atom is -0.385 e. The number of nitrogens with one attached hydrogen (secondary N) is 1. The fourth-order valence-electron chi connectivity index (χ4n) is 2.88. The molecule has 1 aromatic carbocycles. The summed E-state index contributed by atoms with van der Waals surface area (Å²) in [5.74, 6) is 0.119. The van der Waals surface area contributed by atoms with Crippen molar-refractivity contribution < 1.29 is 9.53 Å². The zero-order valence-corrected chi connectivity index (χ0v) is 14.4. The van der Waals surface area contributed by atoms with Crippen LogP contribution in [0.5, 0.6) is 0 Å². The van der Waals surface area contributed by atoms with Crippen LogP contribution in [0.4, 0.5) is 0 Å². The van der Waals surface area contributed by atoms with Gasteiger partial charge < -0.3 is 10.1 Å². The zero-order chi connectivity index (χ0) is 16.5. The van der Waals surface area contributed by atoms with E-state index in [2.05, 4.69) is 46.3 Å². The van der Waals surface area contributed by atoms with Gasteiger partial charge in [-0.15, -0.1) is 0 Å². The third-order valence-electron chi connectivity index (χ3n) is 4.17. The number of piperazine rings is 1. The highest BCUT2D eigenvalue weighted by atomic mass is 16.5. The average molecular weight is 319 g/mol. The molecule has 0 saturated carbocycles. The summed E-state index contributed by atoms with van der Waals surface area (Å²) in [6.45, 7) is 8.97. The summed E-state index contributed by atoms with van der Waals surface area (Å²) >= 11 is 0. The third kappa shape index (κ3) is 6.69.